The molecule has 0 aromatic rings. The first-order valence-corrected chi connectivity index (χ1v) is 9.82. The third-order valence-electron chi connectivity index (χ3n) is 5.10. The largest absolute Gasteiger partial charge is 0.357 e. The molecule has 2 saturated heterocycles. The highest BCUT2D eigenvalue weighted by atomic mass is 127. The molecule has 0 aromatic carbocycles. The monoisotopic (exact) mass is 451 g/mol. The van der Waals surface area contributed by atoms with E-state index in [4.69, 9.17) is 4.99 Å². The van der Waals surface area contributed by atoms with E-state index in [1.54, 1.807) is 0 Å². The molecule has 0 amide bonds. The molecule has 2 N–H and O–H groups in total. The molecule has 1 atom stereocenters. The van der Waals surface area contributed by atoms with Crippen LogP contribution in [0.5, 0.6) is 0 Å². The second kappa shape index (κ2) is 13.2. The lowest BCUT2D eigenvalue weighted by Gasteiger charge is -2.21. The van der Waals surface area contributed by atoms with Crippen molar-refractivity contribution < 1.29 is 0 Å². The molecule has 0 aliphatic carbocycles. The normalized spacial score (nSPS) is 22.6. The minimum absolute atomic E-state index is 0. The number of unbranched alkanes of at least 4 members (excludes halogenated alkanes) is 1. The third kappa shape index (κ3) is 7.87. The van der Waals surface area contributed by atoms with Crippen molar-refractivity contribution >= 4 is 29.9 Å². The van der Waals surface area contributed by atoms with Crippen LogP contribution >= 0.6 is 24.0 Å². The highest BCUT2D eigenvalue weighted by molar-refractivity contribution is 14.0. The van der Waals surface area contributed by atoms with Crippen LogP contribution in [0.1, 0.15) is 52.4 Å². The summed E-state index contributed by atoms with van der Waals surface area (Å²) in [4.78, 5) is 9.97. The van der Waals surface area contributed by atoms with Gasteiger partial charge in [-0.2, -0.15) is 0 Å². The summed E-state index contributed by atoms with van der Waals surface area (Å²) in [6.45, 7) is 13.6. The molecular formula is C18H38IN5. The molecule has 0 radical (unpaired) electrons. The van der Waals surface area contributed by atoms with Crippen LogP contribution in [0, 0.1) is 0 Å². The van der Waals surface area contributed by atoms with Gasteiger partial charge in [0, 0.05) is 19.1 Å². The first kappa shape index (κ1) is 22.0. The van der Waals surface area contributed by atoms with Gasteiger partial charge < -0.3 is 15.5 Å². The quantitative estimate of drug-likeness (QED) is 0.245. The lowest BCUT2D eigenvalue weighted by Crippen LogP contribution is -2.39. The van der Waals surface area contributed by atoms with E-state index in [0.717, 1.165) is 32.1 Å². The topological polar surface area (TPSA) is 42.9 Å². The number of rotatable bonds is 9. The summed E-state index contributed by atoms with van der Waals surface area (Å²) in [5, 5.41) is 6.89. The molecule has 0 spiro atoms. The molecule has 1 unspecified atom stereocenters. The first-order chi connectivity index (χ1) is 11.3. The molecule has 6 heteroatoms. The molecule has 2 aliphatic rings. The maximum Gasteiger partial charge on any atom is 0.191 e. The Morgan fingerprint density at radius 3 is 2.54 bits per heavy atom. The first-order valence-electron chi connectivity index (χ1n) is 9.82. The predicted molar refractivity (Wildman–Crippen MR) is 115 cm³/mol. The van der Waals surface area contributed by atoms with Gasteiger partial charge in [0.2, 0.25) is 0 Å². The van der Waals surface area contributed by atoms with Gasteiger partial charge in [0.05, 0.1) is 6.54 Å². The Hall–Kier alpha value is -0.0800. The molecule has 2 heterocycles. The van der Waals surface area contributed by atoms with E-state index >= 15 is 0 Å². The third-order valence-corrected chi connectivity index (χ3v) is 5.10. The number of likely N-dealkylation sites (N-methyl/N-ethyl adjacent to an activating group) is 1. The number of halogens is 1. The van der Waals surface area contributed by atoms with Crippen molar-refractivity contribution in [2.24, 2.45) is 4.99 Å². The standard InChI is InChI=1S/C18H37N5.HI/c1-3-19-18(21-16-17-10-9-15-23(17)4-2)20-11-5-6-12-22-13-7-8-14-22;/h17H,3-16H2,1-2H3,(H2,19,20,21);1H. The highest BCUT2D eigenvalue weighted by Crippen LogP contribution is 2.16. The Morgan fingerprint density at radius 2 is 1.83 bits per heavy atom. The Balaban J connectivity index is 0.00000288. The zero-order valence-electron chi connectivity index (χ0n) is 15.7. The molecule has 0 bridgehead atoms. The molecule has 2 fully saturated rings. The van der Waals surface area contributed by atoms with Gasteiger partial charge in [-0.05, 0) is 78.2 Å². The fourth-order valence-electron chi connectivity index (χ4n) is 3.73. The van der Waals surface area contributed by atoms with Crippen LogP contribution in [0.4, 0.5) is 0 Å². The summed E-state index contributed by atoms with van der Waals surface area (Å²) in [6.07, 6.45) is 7.93. The van der Waals surface area contributed by atoms with Crippen molar-refractivity contribution in [1.82, 2.24) is 20.4 Å². The van der Waals surface area contributed by atoms with Gasteiger partial charge in [-0.1, -0.05) is 6.92 Å². The smallest absolute Gasteiger partial charge is 0.191 e. The summed E-state index contributed by atoms with van der Waals surface area (Å²) < 4.78 is 0. The van der Waals surface area contributed by atoms with Crippen molar-refractivity contribution in [2.45, 2.75) is 58.4 Å². The average Bonchev–Trinajstić information content (AvgIpc) is 3.23. The van der Waals surface area contributed by atoms with E-state index in [2.05, 4.69) is 34.3 Å². The number of guanidine groups is 1. The van der Waals surface area contributed by atoms with E-state index < -0.39 is 0 Å². The molecule has 5 nitrogen and oxygen atoms in total. The maximum absolute atomic E-state index is 4.81. The summed E-state index contributed by atoms with van der Waals surface area (Å²) >= 11 is 0. The van der Waals surface area contributed by atoms with Crippen LogP contribution in [0.25, 0.3) is 0 Å². The maximum atomic E-state index is 4.81. The van der Waals surface area contributed by atoms with Gasteiger partial charge in [-0.15, -0.1) is 24.0 Å². The van der Waals surface area contributed by atoms with Crippen molar-refractivity contribution in [1.29, 1.82) is 0 Å². The average molecular weight is 451 g/mol. The summed E-state index contributed by atoms with van der Waals surface area (Å²) in [7, 11) is 0. The lowest BCUT2D eigenvalue weighted by molar-refractivity contribution is 0.273. The van der Waals surface area contributed by atoms with Crippen LogP contribution in [0.15, 0.2) is 4.99 Å². The Labute approximate surface area is 166 Å². The van der Waals surface area contributed by atoms with Crippen LogP contribution in [0.3, 0.4) is 0 Å². The number of hydrogen-bond acceptors (Lipinski definition) is 3. The number of likely N-dealkylation sites (tertiary alicyclic amines) is 2. The van der Waals surface area contributed by atoms with Gasteiger partial charge in [0.1, 0.15) is 0 Å². The second-order valence-corrected chi connectivity index (χ2v) is 6.83. The van der Waals surface area contributed by atoms with Crippen molar-refractivity contribution in [3.05, 3.63) is 0 Å². The molecule has 0 saturated carbocycles. The SMILES string of the molecule is CCNC(=NCC1CCCN1CC)NCCCCN1CCCC1.I. The van der Waals surface area contributed by atoms with Gasteiger partial charge in [0.25, 0.3) is 0 Å². The van der Waals surface area contributed by atoms with Gasteiger partial charge >= 0.3 is 0 Å². The van der Waals surface area contributed by atoms with Crippen LogP contribution in [0.2, 0.25) is 0 Å². The Bertz CT molecular complexity index is 344. The summed E-state index contributed by atoms with van der Waals surface area (Å²) in [5.74, 6) is 0.997. The summed E-state index contributed by atoms with van der Waals surface area (Å²) in [5.41, 5.74) is 0. The zero-order chi connectivity index (χ0) is 16.3. The van der Waals surface area contributed by atoms with Crippen LogP contribution in [-0.2, 0) is 0 Å². The Morgan fingerprint density at radius 1 is 1.04 bits per heavy atom. The van der Waals surface area contributed by atoms with E-state index in [1.807, 2.05) is 0 Å². The van der Waals surface area contributed by atoms with E-state index in [-0.39, 0.29) is 24.0 Å². The number of aliphatic imine (C=N–C) groups is 1. The highest BCUT2D eigenvalue weighted by Gasteiger charge is 2.22. The predicted octanol–water partition coefficient (Wildman–Crippen LogP) is 2.52. The molecule has 24 heavy (non-hydrogen) atoms. The lowest BCUT2D eigenvalue weighted by atomic mass is 10.2. The molecular weight excluding hydrogens is 413 g/mol. The number of hydrogen-bond donors (Lipinski definition) is 2. The van der Waals surface area contributed by atoms with Crippen molar-refractivity contribution in [3.8, 4) is 0 Å². The minimum Gasteiger partial charge on any atom is -0.357 e. The van der Waals surface area contributed by atoms with E-state index in [9.17, 15) is 0 Å². The molecule has 2 rings (SSSR count). The minimum atomic E-state index is 0. The van der Waals surface area contributed by atoms with Crippen molar-refractivity contribution in [2.75, 3.05) is 52.4 Å². The number of nitrogens with zero attached hydrogens (tertiary/aromatic N) is 3. The van der Waals surface area contributed by atoms with E-state index in [1.165, 1.54) is 64.7 Å². The van der Waals surface area contributed by atoms with Gasteiger partial charge in [-0.3, -0.25) is 9.89 Å². The Kier molecular flexibility index (Phi) is 12.0. The number of nitrogens with one attached hydrogen (secondary N) is 2. The molecule has 2 aliphatic heterocycles. The van der Waals surface area contributed by atoms with E-state index in [0.29, 0.717) is 6.04 Å². The second-order valence-electron chi connectivity index (χ2n) is 6.83. The van der Waals surface area contributed by atoms with Crippen LogP contribution < -0.4 is 10.6 Å². The zero-order valence-corrected chi connectivity index (χ0v) is 18.1. The van der Waals surface area contributed by atoms with Crippen molar-refractivity contribution in [3.63, 3.8) is 0 Å². The summed E-state index contributed by atoms with van der Waals surface area (Å²) in [6, 6.07) is 0.644. The molecule has 0 aromatic heterocycles. The fraction of sp³-hybridized carbons (Fsp3) is 0.944. The van der Waals surface area contributed by atoms with Gasteiger partial charge in [-0.25, -0.2) is 0 Å². The van der Waals surface area contributed by atoms with Crippen LogP contribution in [-0.4, -0.2) is 74.2 Å². The van der Waals surface area contributed by atoms with Gasteiger partial charge in [0.15, 0.2) is 5.96 Å². The fourth-order valence-corrected chi connectivity index (χ4v) is 3.73. The molecule has 142 valence electrons.